The molecule has 0 aliphatic carbocycles. The van der Waals surface area contributed by atoms with E-state index in [1.807, 2.05) is 30.3 Å². The molecule has 3 rings (SSSR count). The van der Waals surface area contributed by atoms with Gasteiger partial charge in [-0.25, -0.2) is 4.79 Å². The van der Waals surface area contributed by atoms with Gasteiger partial charge < -0.3 is 25.7 Å². The first-order valence-electron chi connectivity index (χ1n) is 11.0. The highest BCUT2D eigenvalue weighted by Crippen LogP contribution is 2.48. The van der Waals surface area contributed by atoms with E-state index < -0.39 is 41.0 Å². The highest BCUT2D eigenvalue weighted by Gasteiger charge is 2.48. The van der Waals surface area contributed by atoms with Crippen LogP contribution in [0.4, 0.5) is 10.5 Å². The summed E-state index contributed by atoms with van der Waals surface area (Å²) in [7, 11) is 0. The van der Waals surface area contributed by atoms with E-state index in [9.17, 15) is 24.3 Å². The number of esters is 1. The van der Waals surface area contributed by atoms with E-state index in [1.165, 1.54) is 11.8 Å². The molecule has 0 spiro atoms. The molecule has 3 unspecified atom stereocenters. The van der Waals surface area contributed by atoms with Crippen LogP contribution in [0.25, 0.3) is 0 Å². The number of carboxylic acids is 1. The molecule has 3 atom stereocenters. The van der Waals surface area contributed by atoms with Crippen LogP contribution in [0.15, 0.2) is 48.5 Å². The fourth-order valence-electron chi connectivity index (χ4n) is 4.08. The summed E-state index contributed by atoms with van der Waals surface area (Å²) in [6, 6.07) is 10.9. The lowest BCUT2D eigenvalue weighted by molar-refractivity contribution is -0.163. The van der Waals surface area contributed by atoms with Gasteiger partial charge in [0.1, 0.15) is 24.0 Å². The van der Waals surface area contributed by atoms with Crippen molar-refractivity contribution in [1.29, 1.82) is 0 Å². The van der Waals surface area contributed by atoms with Crippen LogP contribution in [0.5, 0.6) is 0 Å². The van der Waals surface area contributed by atoms with Crippen LogP contribution in [-0.2, 0) is 25.5 Å². The van der Waals surface area contributed by atoms with Gasteiger partial charge >= 0.3 is 18.0 Å². The van der Waals surface area contributed by atoms with Crippen LogP contribution in [0.1, 0.15) is 48.9 Å². The van der Waals surface area contributed by atoms with Crippen LogP contribution in [-0.4, -0.2) is 51.7 Å². The van der Waals surface area contributed by atoms with Crippen molar-refractivity contribution in [2.45, 2.75) is 50.3 Å². The van der Waals surface area contributed by atoms with Gasteiger partial charge in [0.15, 0.2) is 0 Å². The molecule has 4 N–H and O–H groups in total. The van der Waals surface area contributed by atoms with Crippen LogP contribution < -0.4 is 11.1 Å². The molecule has 1 aliphatic heterocycles. The average Bonchev–Trinajstić information content (AvgIpc) is 3.20. The first kappa shape index (κ1) is 26.2. The molecule has 0 aromatic heterocycles. The number of rotatable bonds is 8. The van der Waals surface area contributed by atoms with Crippen LogP contribution in [0.3, 0.4) is 0 Å². The van der Waals surface area contributed by atoms with E-state index in [-0.39, 0.29) is 17.7 Å². The number of thioether (sulfide) groups is 1. The number of carbonyl (C=O) groups excluding carboxylic acids is 3. The summed E-state index contributed by atoms with van der Waals surface area (Å²) < 4.78 is 5.64. The zero-order valence-electron chi connectivity index (χ0n) is 19.8. The summed E-state index contributed by atoms with van der Waals surface area (Å²) in [6.07, 6.45) is 0.602. The number of nitrogens with one attached hydrogen (secondary N) is 1. The second-order valence-corrected chi connectivity index (χ2v) is 10.2. The third kappa shape index (κ3) is 6.20. The molecule has 2 aromatic carbocycles. The van der Waals surface area contributed by atoms with Crippen LogP contribution >= 0.6 is 11.8 Å². The Morgan fingerprint density at radius 2 is 1.89 bits per heavy atom. The molecule has 9 nitrogen and oxygen atoms in total. The lowest BCUT2D eigenvalue weighted by atomic mass is 9.96. The predicted molar refractivity (Wildman–Crippen MR) is 133 cm³/mol. The molecule has 1 aliphatic rings. The number of carbonyl (C=O) groups is 4. The summed E-state index contributed by atoms with van der Waals surface area (Å²) >= 11 is 1.43. The Balaban J connectivity index is 2.19. The number of primary amides is 1. The number of amides is 2. The van der Waals surface area contributed by atoms with Crippen molar-refractivity contribution in [2.75, 3.05) is 11.1 Å². The molecule has 0 bridgehead atoms. The van der Waals surface area contributed by atoms with Crippen LogP contribution in [0, 0.1) is 0 Å². The van der Waals surface area contributed by atoms with Gasteiger partial charge in [0, 0.05) is 17.7 Å². The number of nitrogens with zero attached hydrogens (tertiary/aromatic N) is 1. The highest BCUT2D eigenvalue weighted by molar-refractivity contribution is 7.99. The van der Waals surface area contributed by atoms with Gasteiger partial charge in [-0.1, -0.05) is 48.5 Å². The number of hydrogen-bond donors (Lipinski definition) is 3. The first-order valence-corrected chi connectivity index (χ1v) is 12.1. The summed E-state index contributed by atoms with van der Waals surface area (Å²) in [4.78, 5) is 50.7. The van der Waals surface area contributed by atoms with Gasteiger partial charge in [0.25, 0.3) is 0 Å². The Morgan fingerprint density at radius 3 is 2.46 bits per heavy atom. The molecular formula is C25H29N3O6S. The second kappa shape index (κ2) is 10.9. The Bertz CT molecular complexity index is 1100. The maximum atomic E-state index is 13.2. The number of ether oxygens (including phenoxy) is 1. The molecule has 10 heteroatoms. The number of para-hydroxylation sites is 1. The normalized spacial score (nSPS) is 19.1. The molecule has 2 amide bonds. The lowest BCUT2D eigenvalue weighted by Gasteiger charge is -2.35. The second-order valence-electron chi connectivity index (χ2n) is 9.08. The van der Waals surface area contributed by atoms with Gasteiger partial charge in [-0.2, -0.15) is 0 Å². The minimum absolute atomic E-state index is 0.0534. The van der Waals surface area contributed by atoms with Gasteiger partial charge in [0.2, 0.25) is 0 Å². The summed E-state index contributed by atoms with van der Waals surface area (Å²) in [5.41, 5.74) is 6.21. The van der Waals surface area contributed by atoms with Gasteiger partial charge in [-0.3, -0.25) is 14.5 Å². The van der Waals surface area contributed by atoms with E-state index in [2.05, 4.69) is 5.32 Å². The Morgan fingerprint density at radius 1 is 1.20 bits per heavy atom. The molecule has 0 saturated carbocycles. The van der Waals surface area contributed by atoms with E-state index in [0.717, 1.165) is 5.56 Å². The lowest BCUT2D eigenvalue weighted by Crippen LogP contribution is -2.46. The van der Waals surface area contributed by atoms with Crippen molar-refractivity contribution in [3.05, 3.63) is 65.2 Å². The molecule has 35 heavy (non-hydrogen) atoms. The van der Waals surface area contributed by atoms with Gasteiger partial charge in [-0.05, 0) is 31.9 Å². The average molecular weight is 500 g/mol. The number of benzene rings is 2. The molecule has 1 fully saturated rings. The zero-order chi connectivity index (χ0) is 25.8. The van der Waals surface area contributed by atoms with E-state index in [1.54, 1.807) is 43.9 Å². The topological polar surface area (TPSA) is 139 Å². The first-order chi connectivity index (χ1) is 16.5. The zero-order valence-corrected chi connectivity index (χ0v) is 20.6. The molecule has 2 aromatic rings. The number of aldehydes is 1. The number of carboxylic acid groups (broad SMARTS) is 1. The van der Waals surface area contributed by atoms with Crippen molar-refractivity contribution in [2.24, 2.45) is 5.73 Å². The highest BCUT2D eigenvalue weighted by atomic mass is 32.2. The van der Waals surface area contributed by atoms with Crippen molar-refractivity contribution in [1.82, 2.24) is 4.90 Å². The predicted octanol–water partition coefficient (Wildman–Crippen LogP) is 3.50. The largest absolute Gasteiger partial charge is 0.480 e. The fraction of sp³-hybridized carbons (Fsp3) is 0.360. The van der Waals surface area contributed by atoms with E-state index >= 15 is 0 Å². The minimum atomic E-state index is -1.35. The third-order valence-electron chi connectivity index (χ3n) is 5.37. The quantitative estimate of drug-likeness (QED) is 0.370. The third-order valence-corrected chi connectivity index (χ3v) is 6.71. The number of aliphatic carboxylic acids is 1. The standard InChI is InChI=1S/C25H29N3O6S/c1-25(2,3)34-23(32)18-14-35-21(16-8-5-4-6-9-16)28(18)20(22(30)31)17-11-7-10-15(12-13-29)19(17)27-24(26)33/h4-11,13,18,20-21H,12,14H2,1-3H3,(H,30,31)(H3,26,27,33). The minimum Gasteiger partial charge on any atom is -0.480 e. The molecular weight excluding hydrogens is 470 g/mol. The summed E-state index contributed by atoms with van der Waals surface area (Å²) in [5.74, 6) is -1.45. The Labute approximate surface area is 208 Å². The Hall–Kier alpha value is -3.37. The fourth-order valence-corrected chi connectivity index (χ4v) is 5.55. The molecule has 186 valence electrons. The Kier molecular flexibility index (Phi) is 8.18. The maximum absolute atomic E-state index is 13.2. The van der Waals surface area contributed by atoms with Crippen molar-refractivity contribution < 1.29 is 29.0 Å². The summed E-state index contributed by atoms with van der Waals surface area (Å²) in [5, 5.41) is 12.5. The molecule has 1 saturated heterocycles. The van der Waals surface area contributed by atoms with E-state index in [4.69, 9.17) is 10.5 Å². The van der Waals surface area contributed by atoms with Crippen molar-refractivity contribution >= 4 is 41.7 Å². The molecule has 0 radical (unpaired) electrons. The van der Waals surface area contributed by atoms with Crippen LogP contribution in [0.2, 0.25) is 0 Å². The van der Waals surface area contributed by atoms with Crippen molar-refractivity contribution in [3.63, 3.8) is 0 Å². The van der Waals surface area contributed by atoms with Gasteiger partial charge in [-0.15, -0.1) is 11.8 Å². The smallest absolute Gasteiger partial charge is 0.325 e. The van der Waals surface area contributed by atoms with Gasteiger partial charge in [0.05, 0.1) is 11.1 Å². The number of urea groups is 1. The number of anilines is 1. The molecule has 1 heterocycles. The monoisotopic (exact) mass is 499 g/mol. The van der Waals surface area contributed by atoms with Crippen molar-refractivity contribution in [3.8, 4) is 0 Å². The van der Waals surface area contributed by atoms with E-state index in [0.29, 0.717) is 17.6 Å². The summed E-state index contributed by atoms with van der Waals surface area (Å²) in [6.45, 7) is 5.25. The SMILES string of the molecule is CC(C)(C)OC(=O)C1CSC(c2ccccc2)N1C(C(=O)O)c1cccc(CC=O)c1NC(N)=O. The number of hydrogen-bond acceptors (Lipinski definition) is 7. The maximum Gasteiger partial charge on any atom is 0.325 e. The number of nitrogens with two attached hydrogens (primary N) is 1.